The highest BCUT2D eigenvalue weighted by Gasteiger charge is 2.30. The average molecular weight is 598 g/mol. The summed E-state index contributed by atoms with van der Waals surface area (Å²) in [7, 11) is -3.61. The Labute approximate surface area is 249 Å². The molecular formula is C32H40ClN3O4S. The molecule has 1 atom stereocenters. The molecule has 1 N–H and O–H groups in total. The minimum absolute atomic E-state index is 0.0706. The molecule has 0 saturated carbocycles. The summed E-state index contributed by atoms with van der Waals surface area (Å²) in [6, 6.07) is 23.4. The maximum absolute atomic E-state index is 13.9. The lowest BCUT2D eigenvalue weighted by molar-refractivity contribution is -0.141. The van der Waals surface area contributed by atoms with Gasteiger partial charge in [0.15, 0.2) is 0 Å². The number of anilines is 1. The van der Waals surface area contributed by atoms with Gasteiger partial charge in [-0.15, -0.1) is 0 Å². The SMILES string of the molecule is Cc1ccc(CN(C(=O)CCCN(c2cccc(Cl)c2)S(C)(=O)=O)[C@@H](Cc2ccccc2)C(=O)NCC(C)C)cc1. The van der Waals surface area contributed by atoms with Gasteiger partial charge in [0.05, 0.1) is 11.9 Å². The van der Waals surface area contributed by atoms with Gasteiger partial charge in [-0.25, -0.2) is 8.42 Å². The summed E-state index contributed by atoms with van der Waals surface area (Å²) in [5, 5.41) is 3.44. The van der Waals surface area contributed by atoms with E-state index < -0.39 is 16.1 Å². The first-order chi connectivity index (χ1) is 19.4. The van der Waals surface area contributed by atoms with Gasteiger partial charge in [-0.1, -0.05) is 91.7 Å². The molecule has 3 aromatic carbocycles. The number of aryl methyl sites for hydroxylation is 1. The number of carbonyl (C=O) groups excluding carboxylic acids is 2. The van der Waals surface area contributed by atoms with Crippen molar-refractivity contribution in [2.45, 2.75) is 52.6 Å². The summed E-state index contributed by atoms with van der Waals surface area (Å²) in [6.45, 7) is 6.91. The molecule has 0 saturated heterocycles. The average Bonchev–Trinajstić information content (AvgIpc) is 2.92. The molecule has 0 bridgehead atoms. The van der Waals surface area contributed by atoms with Crippen LogP contribution >= 0.6 is 11.6 Å². The van der Waals surface area contributed by atoms with Crippen LogP contribution in [-0.2, 0) is 32.6 Å². The fourth-order valence-corrected chi connectivity index (χ4v) is 5.64. The van der Waals surface area contributed by atoms with E-state index in [0.29, 0.717) is 23.7 Å². The summed E-state index contributed by atoms with van der Waals surface area (Å²) in [4.78, 5) is 29.1. The van der Waals surface area contributed by atoms with Crippen molar-refractivity contribution in [2.24, 2.45) is 5.92 Å². The molecule has 220 valence electrons. The van der Waals surface area contributed by atoms with E-state index in [9.17, 15) is 18.0 Å². The van der Waals surface area contributed by atoms with Crippen molar-refractivity contribution in [3.8, 4) is 0 Å². The third kappa shape index (κ3) is 10.2. The first-order valence-corrected chi connectivity index (χ1v) is 16.1. The molecular weight excluding hydrogens is 558 g/mol. The topological polar surface area (TPSA) is 86.8 Å². The van der Waals surface area contributed by atoms with E-state index in [1.807, 2.05) is 75.4 Å². The second kappa shape index (κ2) is 15.0. The summed E-state index contributed by atoms with van der Waals surface area (Å²) < 4.78 is 26.4. The van der Waals surface area contributed by atoms with Crippen LogP contribution in [0, 0.1) is 12.8 Å². The molecule has 0 aliphatic carbocycles. The first-order valence-electron chi connectivity index (χ1n) is 13.8. The molecule has 0 aromatic heterocycles. The van der Waals surface area contributed by atoms with E-state index in [2.05, 4.69) is 5.32 Å². The van der Waals surface area contributed by atoms with Crippen molar-refractivity contribution in [3.05, 3.63) is 101 Å². The second-order valence-corrected chi connectivity index (χ2v) is 13.1. The Morgan fingerprint density at radius 1 is 0.927 bits per heavy atom. The monoisotopic (exact) mass is 597 g/mol. The molecule has 9 heteroatoms. The van der Waals surface area contributed by atoms with Crippen molar-refractivity contribution < 1.29 is 18.0 Å². The van der Waals surface area contributed by atoms with E-state index in [4.69, 9.17) is 11.6 Å². The van der Waals surface area contributed by atoms with Crippen molar-refractivity contribution in [3.63, 3.8) is 0 Å². The van der Waals surface area contributed by atoms with Crippen molar-refractivity contribution in [2.75, 3.05) is 23.7 Å². The second-order valence-electron chi connectivity index (χ2n) is 10.8. The van der Waals surface area contributed by atoms with Gasteiger partial charge in [-0.2, -0.15) is 0 Å². The van der Waals surface area contributed by atoms with Crippen molar-refractivity contribution >= 4 is 39.1 Å². The lowest BCUT2D eigenvalue weighted by Gasteiger charge is -2.32. The zero-order valence-corrected chi connectivity index (χ0v) is 25.8. The van der Waals surface area contributed by atoms with Crippen LogP contribution in [0.4, 0.5) is 5.69 Å². The molecule has 0 spiro atoms. The fourth-order valence-electron chi connectivity index (χ4n) is 4.50. The van der Waals surface area contributed by atoms with Crippen LogP contribution < -0.4 is 9.62 Å². The van der Waals surface area contributed by atoms with Crippen LogP contribution in [0.25, 0.3) is 0 Å². The van der Waals surface area contributed by atoms with E-state index >= 15 is 0 Å². The highest BCUT2D eigenvalue weighted by molar-refractivity contribution is 7.92. The third-order valence-corrected chi connectivity index (χ3v) is 8.11. The Kier molecular flexibility index (Phi) is 11.8. The molecule has 0 unspecified atom stereocenters. The number of sulfonamides is 1. The Balaban J connectivity index is 1.87. The summed E-state index contributed by atoms with van der Waals surface area (Å²) >= 11 is 6.11. The number of hydrogen-bond donors (Lipinski definition) is 1. The Morgan fingerprint density at radius 2 is 1.61 bits per heavy atom. The van der Waals surface area contributed by atoms with Gasteiger partial charge in [0.1, 0.15) is 6.04 Å². The van der Waals surface area contributed by atoms with Gasteiger partial charge in [-0.3, -0.25) is 13.9 Å². The number of hydrogen-bond acceptors (Lipinski definition) is 4. The van der Waals surface area contributed by atoms with Crippen molar-refractivity contribution in [1.29, 1.82) is 0 Å². The quantitative estimate of drug-likeness (QED) is 0.262. The van der Waals surface area contributed by atoms with E-state index in [1.54, 1.807) is 29.2 Å². The van der Waals surface area contributed by atoms with Gasteiger partial charge in [0, 0.05) is 37.5 Å². The van der Waals surface area contributed by atoms with E-state index in [-0.39, 0.29) is 43.7 Å². The van der Waals surface area contributed by atoms with E-state index in [0.717, 1.165) is 22.9 Å². The highest BCUT2D eigenvalue weighted by Crippen LogP contribution is 2.23. The minimum atomic E-state index is -3.61. The standard InChI is InChI=1S/C32H40ClN3O4S/c1-24(2)22-34-32(38)30(20-26-10-6-5-7-11-26)35(23-27-17-15-25(3)16-18-27)31(37)14-9-19-36(41(4,39)40)29-13-8-12-28(33)21-29/h5-8,10-13,15-18,21,24,30H,9,14,19-20,22-23H2,1-4H3,(H,34,38)/t30-/m0/s1. The van der Waals surface area contributed by atoms with E-state index in [1.165, 1.54) is 4.31 Å². The molecule has 3 rings (SSSR count). The maximum Gasteiger partial charge on any atom is 0.243 e. The fraction of sp³-hybridized carbons (Fsp3) is 0.375. The predicted molar refractivity (Wildman–Crippen MR) is 166 cm³/mol. The summed E-state index contributed by atoms with van der Waals surface area (Å²) in [5.74, 6) is -0.170. The normalized spacial score (nSPS) is 12.1. The number of amides is 2. The lowest BCUT2D eigenvalue weighted by Crippen LogP contribution is -2.51. The summed E-state index contributed by atoms with van der Waals surface area (Å²) in [5.41, 5.74) is 3.40. The minimum Gasteiger partial charge on any atom is -0.354 e. The zero-order chi connectivity index (χ0) is 30.0. The predicted octanol–water partition coefficient (Wildman–Crippen LogP) is 5.61. The van der Waals surface area contributed by atoms with Crippen molar-refractivity contribution in [1.82, 2.24) is 10.2 Å². The van der Waals surface area contributed by atoms with Gasteiger partial charge in [-0.05, 0) is 48.6 Å². The summed E-state index contributed by atoms with van der Waals surface area (Å²) in [6.07, 6.45) is 1.84. The van der Waals surface area contributed by atoms with Gasteiger partial charge >= 0.3 is 0 Å². The molecule has 2 amide bonds. The number of halogens is 1. The van der Waals surface area contributed by atoms with Gasteiger partial charge < -0.3 is 10.2 Å². The number of rotatable bonds is 14. The third-order valence-electron chi connectivity index (χ3n) is 6.68. The molecule has 7 nitrogen and oxygen atoms in total. The molecule has 0 heterocycles. The zero-order valence-electron chi connectivity index (χ0n) is 24.2. The smallest absolute Gasteiger partial charge is 0.243 e. The van der Waals surface area contributed by atoms with Gasteiger partial charge in [0.2, 0.25) is 21.8 Å². The molecule has 41 heavy (non-hydrogen) atoms. The van der Waals surface area contributed by atoms with Crippen LogP contribution in [0.3, 0.4) is 0 Å². The molecule has 0 aliphatic rings. The highest BCUT2D eigenvalue weighted by atomic mass is 35.5. The van der Waals surface area contributed by atoms with Gasteiger partial charge in [0.25, 0.3) is 0 Å². The molecule has 0 radical (unpaired) electrons. The van der Waals surface area contributed by atoms with Crippen LogP contribution in [0.2, 0.25) is 5.02 Å². The maximum atomic E-state index is 13.9. The molecule has 3 aromatic rings. The number of benzene rings is 3. The molecule has 0 fully saturated rings. The number of nitrogens with one attached hydrogen (secondary N) is 1. The Hall–Kier alpha value is -3.36. The molecule has 0 aliphatic heterocycles. The Bertz CT molecular complexity index is 1400. The van der Waals surface area contributed by atoms with Crippen LogP contribution in [0.1, 0.15) is 43.4 Å². The largest absolute Gasteiger partial charge is 0.354 e. The van der Waals surface area contributed by atoms with Crippen LogP contribution in [0.15, 0.2) is 78.9 Å². The lowest BCUT2D eigenvalue weighted by atomic mass is 10.0. The Morgan fingerprint density at radius 3 is 2.22 bits per heavy atom. The van der Waals surface area contributed by atoms with Crippen LogP contribution in [-0.4, -0.2) is 50.5 Å². The van der Waals surface area contributed by atoms with Crippen LogP contribution in [0.5, 0.6) is 0 Å². The number of nitrogens with zero attached hydrogens (tertiary/aromatic N) is 2. The first kappa shape index (κ1) is 32.2. The number of carbonyl (C=O) groups is 2.